The van der Waals surface area contributed by atoms with Crippen LogP contribution in [-0.4, -0.2) is 40.1 Å². The zero-order valence-corrected chi connectivity index (χ0v) is 15.3. The van der Waals surface area contributed by atoms with E-state index in [1.165, 1.54) is 12.1 Å². The summed E-state index contributed by atoms with van der Waals surface area (Å²) in [6.45, 7) is 7.28. The molecule has 6 nitrogen and oxygen atoms in total. The maximum Gasteiger partial charge on any atom is 0.251 e. The molecule has 0 radical (unpaired) electrons. The minimum Gasteiger partial charge on any atom is -0.377 e. The summed E-state index contributed by atoms with van der Waals surface area (Å²) in [4.78, 5) is 12.4. The van der Waals surface area contributed by atoms with Crippen LogP contribution in [0.5, 0.6) is 0 Å². The lowest BCUT2D eigenvalue weighted by Crippen LogP contribution is -2.32. The van der Waals surface area contributed by atoms with Crippen molar-refractivity contribution in [1.82, 2.24) is 10.0 Å². The molecule has 0 bridgehead atoms. The van der Waals surface area contributed by atoms with E-state index in [1.807, 2.05) is 13.8 Å². The third kappa shape index (κ3) is 5.03. The molecule has 0 aromatic heterocycles. The largest absolute Gasteiger partial charge is 0.377 e. The first kappa shape index (κ1) is 18.9. The number of hydrogen-bond acceptors (Lipinski definition) is 4. The molecular formula is C17H26N2O4S. The number of benzene rings is 1. The highest BCUT2D eigenvalue weighted by molar-refractivity contribution is 7.89. The van der Waals surface area contributed by atoms with E-state index < -0.39 is 10.0 Å². The molecule has 1 aliphatic rings. The van der Waals surface area contributed by atoms with Gasteiger partial charge in [-0.3, -0.25) is 4.79 Å². The van der Waals surface area contributed by atoms with Gasteiger partial charge in [-0.1, -0.05) is 19.9 Å². The van der Waals surface area contributed by atoms with Crippen LogP contribution >= 0.6 is 0 Å². The fraction of sp³-hybridized carbons (Fsp3) is 0.588. The van der Waals surface area contributed by atoms with Crippen molar-refractivity contribution in [1.29, 1.82) is 0 Å². The number of nitrogens with one attached hydrogen (secondary N) is 2. The summed E-state index contributed by atoms with van der Waals surface area (Å²) in [7, 11) is -3.66. The molecule has 0 saturated carbocycles. The zero-order chi connectivity index (χ0) is 17.7. The number of carbonyl (C=O) groups excluding carboxylic acids is 1. The van der Waals surface area contributed by atoms with Gasteiger partial charge in [0, 0.05) is 25.3 Å². The molecular weight excluding hydrogens is 328 g/mol. The van der Waals surface area contributed by atoms with Crippen LogP contribution in [0.3, 0.4) is 0 Å². The van der Waals surface area contributed by atoms with E-state index in [4.69, 9.17) is 4.74 Å². The second-order valence-corrected chi connectivity index (χ2v) is 8.33. The molecule has 1 fully saturated rings. The number of sulfonamides is 1. The van der Waals surface area contributed by atoms with E-state index in [-0.39, 0.29) is 23.5 Å². The maximum atomic E-state index is 12.4. The van der Waals surface area contributed by atoms with Gasteiger partial charge in [0.2, 0.25) is 10.0 Å². The average molecular weight is 354 g/mol. The van der Waals surface area contributed by atoms with Crippen molar-refractivity contribution < 1.29 is 17.9 Å². The number of rotatable bonds is 7. The Balaban J connectivity index is 2.11. The van der Waals surface area contributed by atoms with Crippen LogP contribution in [0.2, 0.25) is 0 Å². The molecule has 134 valence electrons. The van der Waals surface area contributed by atoms with Crippen molar-refractivity contribution in [3.63, 3.8) is 0 Å². The molecule has 0 aliphatic carbocycles. The second kappa shape index (κ2) is 8.09. The highest BCUT2D eigenvalue weighted by Crippen LogP contribution is 2.17. The summed E-state index contributed by atoms with van der Waals surface area (Å²) in [6.07, 6.45) is 1.75. The van der Waals surface area contributed by atoms with Gasteiger partial charge in [0.15, 0.2) is 0 Å². The maximum absolute atomic E-state index is 12.4. The molecule has 0 spiro atoms. The molecule has 0 unspecified atom stereocenters. The fourth-order valence-corrected chi connectivity index (χ4v) is 3.59. The van der Waals surface area contributed by atoms with Crippen LogP contribution in [0.25, 0.3) is 0 Å². The van der Waals surface area contributed by atoms with Crippen molar-refractivity contribution >= 4 is 15.9 Å². The van der Waals surface area contributed by atoms with E-state index in [0.717, 1.165) is 18.4 Å². The highest BCUT2D eigenvalue weighted by atomic mass is 32.2. The lowest BCUT2D eigenvalue weighted by Gasteiger charge is -2.14. The van der Waals surface area contributed by atoms with E-state index in [2.05, 4.69) is 10.0 Å². The number of amides is 1. The predicted octanol–water partition coefficient (Wildman–Crippen LogP) is 1.84. The Morgan fingerprint density at radius 1 is 1.38 bits per heavy atom. The Morgan fingerprint density at radius 3 is 2.75 bits per heavy atom. The molecule has 1 atom stereocenters. The monoisotopic (exact) mass is 354 g/mol. The third-order valence-corrected chi connectivity index (χ3v) is 5.38. The smallest absolute Gasteiger partial charge is 0.251 e. The van der Waals surface area contributed by atoms with Gasteiger partial charge in [0.1, 0.15) is 0 Å². The molecule has 2 rings (SSSR count). The summed E-state index contributed by atoms with van der Waals surface area (Å²) in [5.41, 5.74) is 1.13. The average Bonchev–Trinajstić information content (AvgIpc) is 3.04. The number of aryl methyl sites for hydroxylation is 1. The van der Waals surface area contributed by atoms with Crippen molar-refractivity contribution in [2.75, 3.05) is 19.7 Å². The molecule has 1 heterocycles. The van der Waals surface area contributed by atoms with Crippen molar-refractivity contribution in [2.45, 2.75) is 44.6 Å². The lowest BCUT2D eigenvalue weighted by molar-refractivity contribution is 0.0948. The van der Waals surface area contributed by atoms with Gasteiger partial charge in [-0.25, -0.2) is 13.1 Å². The van der Waals surface area contributed by atoms with Gasteiger partial charge in [-0.05, 0) is 43.4 Å². The normalized spacial score (nSPS) is 18.1. The van der Waals surface area contributed by atoms with Crippen molar-refractivity contribution in [3.05, 3.63) is 29.3 Å². The first-order chi connectivity index (χ1) is 11.3. The van der Waals surface area contributed by atoms with Crippen LogP contribution in [0.4, 0.5) is 0 Å². The summed E-state index contributed by atoms with van der Waals surface area (Å²) in [5.74, 6) is 0.0756. The Morgan fingerprint density at radius 2 is 2.12 bits per heavy atom. The molecule has 24 heavy (non-hydrogen) atoms. The molecule has 1 aliphatic heterocycles. The Hall–Kier alpha value is -1.44. The molecule has 1 saturated heterocycles. The van der Waals surface area contributed by atoms with Crippen LogP contribution in [0.15, 0.2) is 23.1 Å². The second-order valence-electron chi connectivity index (χ2n) is 6.57. The van der Waals surface area contributed by atoms with Gasteiger partial charge in [-0.15, -0.1) is 0 Å². The van der Waals surface area contributed by atoms with Crippen LogP contribution in [-0.2, 0) is 14.8 Å². The Kier molecular flexibility index (Phi) is 6.37. The lowest BCUT2D eigenvalue weighted by atomic mass is 10.1. The molecule has 7 heteroatoms. The standard InChI is InChI=1S/C17H26N2O4S/c1-12(2)10-18-17(20)16-9-15(7-6-13(16)3)24(21,22)19-11-14-5-4-8-23-14/h6-7,9,12,14,19H,4-5,8,10-11H2,1-3H3,(H,18,20)/t14-/m0/s1. The molecule has 1 aromatic carbocycles. The van der Waals surface area contributed by atoms with Crippen molar-refractivity contribution in [2.24, 2.45) is 5.92 Å². The summed E-state index contributed by atoms with van der Waals surface area (Å²) in [6, 6.07) is 4.61. The number of hydrogen-bond donors (Lipinski definition) is 2. The Bertz CT molecular complexity index is 680. The highest BCUT2D eigenvalue weighted by Gasteiger charge is 2.21. The third-order valence-electron chi connectivity index (χ3n) is 3.96. The van der Waals surface area contributed by atoms with Crippen LogP contribution in [0, 0.1) is 12.8 Å². The fourth-order valence-electron chi connectivity index (χ4n) is 2.50. The van der Waals surface area contributed by atoms with Gasteiger partial charge in [0.25, 0.3) is 5.91 Å². The van der Waals surface area contributed by atoms with Crippen LogP contribution in [0.1, 0.15) is 42.6 Å². The van der Waals surface area contributed by atoms with Gasteiger partial charge >= 0.3 is 0 Å². The van der Waals surface area contributed by atoms with E-state index in [9.17, 15) is 13.2 Å². The molecule has 1 aromatic rings. The first-order valence-corrected chi connectivity index (χ1v) is 9.78. The summed E-state index contributed by atoms with van der Waals surface area (Å²) in [5, 5.41) is 2.82. The predicted molar refractivity (Wildman–Crippen MR) is 92.5 cm³/mol. The minimum atomic E-state index is -3.66. The van der Waals surface area contributed by atoms with Crippen molar-refractivity contribution in [3.8, 4) is 0 Å². The zero-order valence-electron chi connectivity index (χ0n) is 14.5. The minimum absolute atomic E-state index is 0.0703. The Labute approximate surface area is 144 Å². The van der Waals surface area contributed by atoms with Gasteiger partial charge in [-0.2, -0.15) is 0 Å². The number of carbonyl (C=O) groups is 1. The SMILES string of the molecule is Cc1ccc(S(=O)(=O)NC[C@@H]2CCCO2)cc1C(=O)NCC(C)C. The van der Waals surface area contributed by atoms with E-state index >= 15 is 0 Å². The summed E-state index contributed by atoms with van der Waals surface area (Å²) >= 11 is 0. The van der Waals surface area contributed by atoms with E-state index in [0.29, 0.717) is 24.6 Å². The molecule has 1 amide bonds. The molecule has 2 N–H and O–H groups in total. The first-order valence-electron chi connectivity index (χ1n) is 8.29. The quantitative estimate of drug-likeness (QED) is 0.782. The summed E-state index contributed by atoms with van der Waals surface area (Å²) < 4.78 is 32.9. The van der Waals surface area contributed by atoms with Gasteiger partial charge in [0.05, 0.1) is 11.0 Å². The topological polar surface area (TPSA) is 84.5 Å². The van der Waals surface area contributed by atoms with Crippen LogP contribution < -0.4 is 10.0 Å². The van der Waals surface area contributed by atoms with Gasteiger partial charge < -0.3 is 10.1 Å². The van der Waals surface area contributed by atoms with E-state index in [1.54, 1.807) is 13.0 Å². The number of ether oxygens (including phenoxy) is 1.